The zero-order valence-corrected chi connectivity index (χ0v) is 13.4. The van der Waals surface area contributed by atoms with Gasteiger partial charge >= 0.3 is 0 Å². The molecule has 3 aromatic rings. The summed E-state index contributed by atoms with van der Waals surface area (Å²) in [7, 11) is 0. The summed E-state index contributed by atoms with van der Waals surface area (Å²) in [4.78, 5) is 15.4. The van der Waals surface area contributed by atoms with Crippen LogP contribution in [0.5, 0.6) is 0 Å². The highest BCUT2D eigenvalue weighted by Gasteiger charge is 2.14. The number of aromatic amines is 1. The number of carbonyl (C=O) groups is 1. The molecule has 1 amide bonds. The Morgan fingerprint density at radius 2 is 1.96 bits per heavy atom. The second-order valence-electron chi connectivity index (χ2n) is 5.45. The number of aromatic nitrogens is 1. The molecule has 0 bridgehead atoms. The van der Waals surface area contributed by atoms with Gasteiger partial charge < -0.3 is 10.3 Å². The van der Waals surface area contributed by atoms with Crippen LogP contribution in [0, 0.1) is 12.7 Å². The highest BCUT2D eigenvalue weighted by atomic mass is 35.5. The summed E-state index contributed by atoms with van der Waals surface area (Å²) in [5, 5.41) is 4.30. The largest absolute Gasteiger partial charge is 0.350 e. The number of fused-ring (bicyclic) bond motifs is 1. The van der Waals surface area contributed by atoms with Gasteiger partial charge in [-0.05, 0) is 54.8 Å². The van der Waals surface area contributed by atoms with Gasteiger partial charge in [-0.25, -0.2) is 4.39 Å². The van der Waals surface area contributed by atoms with Crippen molar-refractivity contribution < 1.29 is 9.18 Å². The molecule has 0 radical (unpaired) electrons. The van der Waals surface area contributed by atoms with Gasteiger partial charge in [-0.1, -0.05) is 23.7 Å². The number of hydrogen-bond acceptors (Lipinski definition) is 1. The molecule has 0 fully saturated rings. The van der Waals surface area contributed by atoms with E-state index in [-0.39, 0.29) is 11.7 Å². The molecular weight excluding hydrogens is 315 g/mol. The summed E-state index contributed by atoms with van der Waals surface area (Å²) < 4.78 is 13.3. The normalized spacial score (nSPS) is 10.9. The first-order valence-electron chi connectivity index (χ1n) is 7.35. The van der Waals surface area contributed by atoms with E-state index in [1.165, 1.54) is 12.1 Å². The molecule has 0 aliphatic rings. The van der Waals surface area contributed by atoms with Crippen LogP contribution in [0.15, 0.2) is 42.5 Å². The summed E-state index contributed by atoms with van der Waals surface area (Å²) in [6.07, 6.45) is 0.719. The van der Waals surface area contributed by atoms with Gasteiger partial charge in [-0.15, -0.1) is 0 Å². The number of hydrogen-bond donors (Lipinski definition) is 2. The van der Waals surface area contributed by atoms with Gasteiger partial charge in [-0.2, -0.15) is 0 Å². The smallest absolute Gasteiger partial charge is 0.268 e. The Kier molecular flexibility index (Phi) is 4.35. The number of benzene rings is 2. The van der Waals surface area contributed by atoms with Crippen LogP contribution in [0.4, 0.5) is 4.39 Å². The fraction of sp³-hybridized carbons (Fsp3) is 0.167. The predicted molar refractivity (Wildman–Crippen MR) is 90.5 cm³/mol. The number of H-pyrrole nitrogens is 1. The maximum Gasteiger partial charge on any atom is 0.268 e. The van der Waals surface area contributed by atoms with Crippen LogP contribution >= 0.6 is 11.6 Å². The van der Waals surface area contributed by atoms with E-state index in [1.807, 2.05) is 31.2 Å². The zero-order valence-electron chi connectivity index (χ0n) is 12.6. The van der Waals surface area contributed by atoms with Crippen LogP contribution in [-0.4, -0.2) is 17.4 Å². The lowest BCUT2D eigenvalue weighted by Gasteiger charge is -2.05. The monoisotopic (exact) mass is 330 g/mol. The number of carbonyl (C=O) groups excluding carboxylic acids is 1. The lowest BCUT2D eigenvalue weighted by molar-refractivity contribution is 0.0949. The Balaban J connectivity index is 1.68. The van der Waals surface area contributed by atoms with Crippen molar-refractivity contribution in [2.45, 2.75) is 13.3 Å². The molecule has 0 atom stereocenters. The molecular formula is C18H16ClFN2O. The molecule has 0 saturated heterocycles. The van der Waals surface area contributed by atoms with Crippen molar-refractivity contribution in [1.82, 2.24) is 10.3 Å². The van der Waals surface area contributed by atoms with E-state index in [1.54, 1.807) is 6.07 Å². The van der Waals surface area contributed by atoms with Crippen molar-refractivity contribution in [2.75, 3.05) is 6.54 Å². The molecule has 2 N–H and O–H groups in total. The Morgan fingerprint density at radius 1 is 1.22 bits per heavy atom. The van der Waals surface area contributed by atoms with Crippen LogP contribution in [0.3, 0.4) is 0 Å². The lowest BCUT2D eigenvalue weighted by Crippen LogP contribution is -2.26. The fourth-order valence-electron chi connectivity index (χ4n) is 2.59. The lowest BCUT2D eigenvalue weighted by atomic mass is 10.1. The maximum absolute atomic E-state index is 13.3. The van der Waals surface area contributed by atoms with Crippen molar-refractivity contribution in [3.05, 3.63) is 70.1 Å². The van der Waals surface area contributed by atoms with Crippen LogP contribution in [-0.2, 0) is 6.42 Å². The van der Waals surface area contributed by atoms with Gasteiger partial charge in [0.1, 0.15) is 11.5 Å². The Bertz CT molecular complexity index is 855. The van der Waals surface area contributed by atoms with Crippen molar-refractivity contribution in [3.8, 4) is 0 Å². The predicted octanol–water partition coefficient (Wildman–Crippen LogP) is 4.24. The molecule has 1 heterocycles. The van der Waals surface area contributed by atoms with E-state index in [4.69, 9.17) is 11.6 Å². The Morgan fingerprint density at radius 3 is 2.70 bits per heavy atom. The molecule has 5 heteroatoms. The second-order valence-corrected chi connectivity index (χ2v) is 5.88. The molecule has 0 unspecified atom stereocenters. The van der Waals surface area contributed by atoms with E-state index < -0.39 is 0 Å². The van der Waals surface area contributed by atoms with Crippen LogP contribution < -0.4 is 5.32 Å². The van der Waals surface area contributed by atoms with Crippen LogP contribution in [0.1, 0.15) is 21.6 Å². The summed E-state index contributed by atoms with van der Waals surface area (Å²) >= 11 is 5.84. The highest BCUT2D eigenvalue weighted by Crippen LogP contribution is 2.22. The molecule has 3 rings (SSSR count). The summed E-state index contributed by atoms with van der Waals surface area (Å²) in [5.74, 6) is -0.498. The third kappa shape index (κ3) is 3.37. The first-order valence-corrected chi connectivity index (χ1v) is 7.73. The minimum Gasteiger partial charge on any atom is -0.350 e. The quantitative estimate of drug-likeness (QED) is 0.738. The van der Waals surface area contributed by atoms with E-state index in [0.717, 1.165) is 28.5 Å². The third-order valence-electron chi connectivity index (χ3n) is 3.86. The molecule has 0 aliphatic carbocycles. The first kappa shape index (κ1) is 15.6. The minimum absolute atomic E-state index is 0.187. The summed E-state index contributed by atoms with van der Waals surface area (Å²) in [6.45, 7) is 2.33. The van der Waals surface area contributed by atoms with Gasteiger partial charge in [-0.3, -0.25) is 4.79 Å². The number of nitrogens with one attached hydrogen (secondary N) is 2. The molecule has 2 aromatic carbocycles. The van der Waals surface area contributed by atoms with Gasteiger partial charge in [0.2, 0.25) is 0 Å². The second kappa shape index (κ2) is 6.42. The van der Waals surface area contributed by atoms with Gasteiger partial charge in [0.05, 0.1) is 0 Å². The maximum atomic E-state index is 13.3. The van der Waals surface area contributed by atoms with E-state index in [0.29, 0.717) is 17.3 Å². The molecule has 0 aliphatic heterocycles. The molecule has 23 heavy (non-hydrogen) atoms. The zero-order chi connectivity index (χ0) is 16.4. The van der Waals surface area contributed by atoms with Gasteiger partial charge in [0, 0.05) is 22.5 Å². The van der Waals surface area contributed by atoms with Crippen molar-refractivity contribution in [2.24, 2.45) is 0 Å². The number of halogens is 2. The summed E-state index contributed by atoms with van der Waals surface area (Å²) in [6, 6.07) is 12.0. The molecule has 118 valence electrons. The van der Waals surface area contributed by atoms with Crippen LogP contribution in [0.25, 0.3) is 10.9 Å². The number of amides is 1. The van der Waals surface area contributed by atoms with E-state index in [2.05, 4.69) is 10.3 Å². The highest BCUT2D eigenvalue weighted by molar-refractivity contribution is 6.30. The number of rotatable bonds is 4. The molecule has 3 nitrogen and oxygen atoms in total. The van der Waals surface area contributed by atoms with Crippen molar-refractivity contribution >= 4 is 28.4 Å². The average molecular weight is 331 g/mol. The van der Waals surface area contributed by atoms with Crippen molar-refractivity contribution in [1.29, 1.82) is 0 Å². The van der Waals surface area contributed by atoms with E-state index in [9.17, 15) is 9.18 Å². The summed E-state index contributed by atoms with van der Waals surface area (Å²) in [5.41, 5.74) is 3.09. The van der Waals surface area contributed by atoms with Crippen LogP contribution in [0.2, 0.25) is 5.02 Å². The third-order valence-corrected chi connectivity index (χ3v) is 4.11. The standard InChI is InChI=1S/C18H16ClFN2O/c1-11-15-10-14(20)6-7-16(15)22-17(11)18(23)21-9-8-12-2-4-13(19)5-3-12/h2-7,10,22H,8-9H2,1H3,(H,21,23). The van der Waals surface area contributed by atoms with Gasteiger partial charge in [0.15, 0.2) is 0 Å². The first-order chi connectivity index (χ1) is 11.0. The SMILES string of the molecule is Cc1c(C(=O)NCCc2ccc(Cl)cc2)[nH]c2ccc(F)cc12. The Hall–Kier alpha value is -2.33. The minimum atomic E-state index is -0.311. The molecule has 0 spiro atoms. The molecule has 1 aromatic heterocycles. The average Bonchev–Trinajstić information content (AvgIpc) is 2.86. The van der Waals surface area contributed by atoms with E-state index >= 15 is 0 Å². The van der Waals surface area contributed by atoms with Gasteiger partial charge in [0.25, 0.3) is 5.91 Å². The van der Waals surface area contributed by atoms with Crippen molar-refractivity contribution in [3.63, 3.8) is 0 Å². The fourth-order valence-corrected chi connectivity index (χ4v) is 2.71. The Labute approximate surface area is 138 Å². The topological polar surface area (TPSA) is 44.9 Å². The molecule has 0 saturated carbocycles. The number of aryl methyl sites for hydroxylation is 1.